The molecule has 7 rings (SSSR count). The summed E-state index contributed by atoms with van der Waals surface area (Å²) in [5.41, 5.74) is -0.685. The van der Waals surface area contributed by atoms with Gasteiger partial charge in [-0.25, -0.2) is 36.3 Å². The predicted octanol–water partition coefficient (Wildman–Crippen LogP) is 12.7. The fourth-order valence-corrected chi connectivity index (χ4v) is 9.37. The van der Waals surface area contributed by atoms with Crippen LogP contribution in [0.25, 0.3) is 0 Å². The summed E-state index contributed by atoms with van der Waals surface area (Å²) in [6.07, 6.45) is -28.8. The number of aromatic nitrogens is 4. The van der Waals surface area contributed by atoms with Crippen molar-refractivity contribution in [1.29, 1.82) is 0 Å². The smallest absolute Gasteiger partial charge is 0.475 e. The van der Waals surface area contributed by atoms with Crippen molar-refractivity contribution < 1.29 is 140 Å². The van der Waals surface area contributed by atoms with Crippen molar-refractivity contribution in [3.8, 4) is 267 Å². The largest absolute Gasteiger partial charge is 0.514 e. The van der Waals surface area contributed by atoms with E-state index in [4.69, 9.17) is 25.8 Å². The maximum Gasteiger partial charge on any atom is 0.514 e. The zero-order valence-electron chi connectivity index (χ0n) is 67.5. The number of alkyl halides is 15. The number of benzene rings is 1. The Hall–Kier alpha value is -15.7. The van der Waals surface area contributed by atoms with E-state index in [-0.39, 0.29) is 56.0 Å². The number of carboxylic acid groups (broad SMARTS) is 1. The maximum absolute atomic E-state index is 13.1. The summed E-state index contributed by atoms with van der Waals surface area (Å²) in [5, 5.41) is 18.3. The van der Waals surface area contributed by atoms with Crippen molar-refractivity contribution in [2.45, 2.75) is 146 Å². The highest BCUT2D eigenvalue weighted by molar-refractivity contribution is 5.73. The van der Waals surface area contributed by atoms with E-state index < -0.39 is 108 Å². The van der Waals surface area contributed by atoms with Gasteiger partial charge in [0.1, 0.15) is 0 Å². The van der Waals surface area contributed by atoms with E-state index in [9.17, 15) is 106 Å². The fourth-order valence-electron chi connectivity index (χ4n) is 9.37. The van der Waals surface area contributed by atoms with Crippen molar-refractivity contribution in [2.24, 2.45) is 0 Å². The Morgan fingerprint density at radius 3 is 0.953 bits per heavy atom. The number of carboxylic acids is 1. The van der Waals surface area contributed by atoms with Crippen LogP contribution >= 0.6 is 0 Å². The van der Waals surface area contributed by atoms with E-state index in [2.05, 4.69) is 310 Å². The van der Waals surface area contributed by atoms with Gasteiger partial charge in [0.05, 0.1) is 61.3 Å². The summed E-state index contributed by atoms with van der Waals surface area (Å²) < 4.78 is 294. The molecule has 129 heavy (non-hydrogen) atoms. The number of aliphatic carboxylic acids is 1. The first kappa shape index (κ1) is 111. The lowest BCUT2D eigenvalue weighted by atomic mass is 9.87. The Bertz CT molecular complexity index is 5850. The number of carbonyl (C=O) groups excluding carboxylic acids is 2. The summed E-state index contributed by atoms with van der Waals surface area (Å²) in [4.78, 5) is 34.7. The molecule has 2 atom stereocenters. The Labute approximate surface area is 727 Å². The van der Waals surface area contributed by atoms with Crippen molar-refractivity contribution >= 4 is 18.2 Å². The van der Waals surface area contributed by atoms with Gasteiger partial charge in [-0.1, -0.05) is 38.5 Å². The minimum Gasteiger partial charge on any atom is -0.475 e. The van der Waals surface area contributed by atoms with Crippen LogP contribution in [-0.4, -0.2) is 166 Å². The number of carbonyl (C=O) groups is 3. The summed E-state index contributed by atoms with van der Waals surface area (Å²) in [7, 11) is 0. The third-order valence-electron chi connectivity index (χ3n) is 15.0. The van der Waals surface area contributed by atoms with Gasteiger partial charge in [-0.3, -0.25) is 9.36 Å². The molecule has 38 heteroatoms. The topological polar surface area (TPSA) is 172 Å². The third-order valence-corrected chi connectivity index (χ3v) is 15.0. The van der Waals surface area contributed by atoms with Gasteiger partial charge in [0, 0.05) is 121 Å². The molecule has 2 aromatic heterocycles. The van der Waals surface area contributed by atoms with Crippen LogP contribution in [0.2, 0.25) is 0 Å². The number of rotatable bonds is 8. The SMILES string of the molecule is C#CC#CC#CC#CC#CC#CC#CC#CC#CC#CC#CC#CC#CC#CC#CC#CC#CC.CC#CC#CC#CC#CC#CC.CCN(CC)CC.Fc1cnn([C@H]2COC3(CCNCC3)C2)c1.O=C(O)C(F)(F)F.O=C(OC(C(F)(F)F)C(F)(F)F)N1CCC2(CC1)C[C@@H](n1cc(F)cn1)CO2.O=C(Oc1c(F)c(F)c(F)c(F)c1F)OC(C(F)(F)F)C(F)(F)F. The van der Waals surface area contributed by atoms with Crippen LogP contribution in [0.1, 0.15) is 92.2 Å². The van der Waals surface area contributed by atoms with E-state index in [1.165, 1.54) is 42.9 Å². The number of hydrogen-bond acceptors (Lipinski definition) is 12. The lowest BCUT2D eigenvalue weighted by molar-refractivity contribution is -0.309. The van der Waals surface area contributed by atoms with Gasteiger partial charge in [-0.15, -0.1) is 6.42 Å². The maximum atomic E-state index is 13.1. The van der Waals surface area contributed by atoms with Gasteiger partial charge in [0.2, 0.25) is 34.8 Å². The van der Waals surface area contributed by atoms with E-state index in [0.29, 0.717) is 13.0 Å². The molecular weight excluding hydrogens is 1750 g/mol. The molecular formula is C91H59F22N7O9. The second-order valence-electron chi connectivity index (χ2n) is 23.6. The van der Waals surface area contributed by atoms with Crippen LogP contribution in [0.15, 0.2) is 24.8 Å². The molecule has 4 aliphatic heterocycles. The monoisotopic (exact) mass is 1810 g/mol. The molecule has 0 radical (unpaired) electrons. The van der Waals surface area contributed by atoms with Gasteiger partial charge in [-0.05, 0) is 221 Å². The van der Waals surface area contributed by atoms with E-state index >= 15 is 0 Å². The first-order valence-corrected chi connectivity index (χ1v) is 35.7. The minimum absolute atomic E-state index is 0.0122. The van der Waals surface area contributed by atoms with Crippen LogP contribution in [0.3, 0.4) is 0 Å². The molecule has 2 spiro atoms. The molecule has 0 saturated carbocycles. The first-order valence-electron chi connectivity index (χ1n) is 35.7. The Balaban J connectivity index is 0.000000799. The van der Waals surface area contributed by atoms with Crippen LogP contribution < -0.4 is 10.1 Å². The third kappa shape index (κ3) is 46.5. The second-order valence-corrected chi connectivity index (χ2v) is 23.6. The van der Waals surface area contributed by atoms with Crippen LogP contribution in [-0.2, 0) is 23.7 Å². The summed E-state index contributed by atoms with van der Waals surface area (Å²) >= 11 is 0. The Morgan fingerprint density at radius 2 is 0.713 bits per heavy atom. The molecule has 1 aromatic carbocycles. The molecule has 4 aliphatic rings. The quantitative estimate of drug-likeness (QED) is 0.0546. The fraction of sp³-hybridized carbons (Fsp3) is 0.352. The van der Waals surface area contributed by atoms with Crippen LogP contribution in [0.5, 0.6) is 5.75 Å². The lowest BCUT2D eigenvalue weighted by Gasteiger charge is -2.38. The van der Waals surface area contributed by atoms with E-state index in [0.717, 1.165) is 43.4 Å². The highest BCUT2D eigenvalue weighted by atomic mass is 19.4. The number of likely N-dealkylation sites (tertiary alicyclic amines) is 1. The van der Waals surface area contributed by atoms with Gasteiger partial charge < -0.3 is 43.9 Å². The van der Waals surface area contributed by atoms with Crippen LogP contribution in [0.4, 0.5) is 106 Å². The second kappa shape index (κ2) is 59.2. The highest BCUT2D eigenvalue weighted by Gasteiger charge is 2.62. The first-order chi connectivity index (χ1) is 61.0. The molecule has 4 saturated heterocycles. The zero-order valence-corrected chi connectivity index (χ0v) is 67.5. The van der Waals surface area contributed by atoms with Crippen molar-refractivity contribution in [3.05, 3.63) is 65.5 Å². The van der Waals surface area contributed by atoms with Gasteiger partial charge in [-0.2, -0.15) is 84.8 Å². The number of ether oxygens (including phenoxy) is 5. The molecule has 1 amide bonds. The molecule has 0 unspecified atom stereocenters. The molecule has 0 bridgehead atoms. The number of amides is 1. The Morgan fingerprint density at radius 1 is 0.450 bits per heavy atom. The molecule has 3 aromatic rings. The minimum atomic E-state index is -6.19. The molecule has 16 nitrogen and oxygen atoms in total. The molecule has 666 valence electrons. The summed E-state index contributed by atoms with van der Waals surface area (Å²) in [5.74, 6) is 87.9. The zero-order chi connectivity index (χ0) is 97.0. The van der Waals surface area contributed by atoms with E-state index in [1.54, 1.807) is 25.5 Å². The number of halogens is 22. The predicted molar refractivity (Wildman–Crippen MR) is 420 cm³/mol. The van der Waals surface area contributed by atoms with E-state index in [1.807, 2.05) is 0 Å². The molecule has 0 aliphatic carbocycles. The summed E-state index contributed by atoms with van der Waals surface area (Å²) in [6.45, 7) is 17.9. The van der Waals surface area contributed by atoms with Crippen molar-refractivity contribution in [3.63, 3.8) is 0 Å². The highest BCUT2D eigenvalue weighted by Crippen LogP contribution is 2.43. The van der Waals surface area contributed by atoms with Crippen molar-refractivity contribution in [2.75, 3.05) is 59.0 Å². The van der Waals surface area contributed by atoms with Crippen LogP contribution in [0, 0.1) is 302 Å². The summed E-state index contributed by atoms with van der Waals surface area (Å²) in [6, 6.07) is -0.0505. The molecule has 2 N–H and O–H groups in total. The van der Waals surface area contributed by atoms with Gasteiger partial charge in [0.25, 0.3) is 12.2 Å². The standard InChI is InChI=1S/C35H4.C15H16F7N3O3.C12H6.C11H16FN3O.C10HF11O3.C6H15N.C2HF3O2/c1-3-5-7-9-11-13-15-17-19-21-23-25-27-29-31-33-35-34-32-30-28-26-24-22-20-18-16-14-12-10-8-6-4-2;16-9-6-23-25(7-9)10-5-13(27-8-10)1-3-24(4-2-13)12(26)28-11(14(17,18)19)15(20,21)22;1-3-5-7-9-11-12-10-8-6-4-2;12-9-6-14-15(7-9)10-5-11(16-8-10)1-3-13-4-2-11;11-1-2(12)4(14)6(5(15)3(1)13)23-8(22)24-7(9(16,17)18)10(19,20)21;1-4-7(5-2)6-3;3-2(4,5)1(6)7/h1H,2H3;6-7,10-11H,1-5,8H2;1-2H3;6-7,10,13H,1-5,8H2;7H;4-6H2,1-3H3;(H,6,7)/t;10-;;10-;;;/m.1.1.../s1. The van der Waals surface area contributed by atoms with Gasteiger partial charge >= 0.3 is 49.1 Å². The average molecular weight is 1810 g/mol. The number of nitrogens with one attached hydrogen (secondary N) is 1. The lowest BCUT2D eigenvalue weighted by Crippen LogP contribution is -2.51. The average Bonchev–Trinajstić information content (AvgIpc) is 1.49. The normalized spacial score (nSPS) is 13.4. The Kier molecular flexibility index (Phi) is 51.0. The number of nitrogens with zero attached hydrogens (tertiary/aromatic N) is 6. The molecule has 4 fully saturated rings. The van der Waals surface area contributed by atoms with Crippen molar-refractivity contribution in [1.82, 2.24) is 34.7 Å². The number of piperidine rings is 2. The molecule has 6 heterocycles. The number of hydrogen-bond donors (Lipinski definition) is 2. The van der Waals surface area contributed by atoms with Gasteiger partial charge in [0.15, 0.2) is 11.6 Å². The number of terminal acetylenes is 1.